The van der Waals surface area contributed by atoms with E-state index >= 15 is 0 Å². The number of halogens is 1. The van der Waals surface area contributed by atoms with Crippen molar-refractivity contribution in [2.75, 3.05) is 12.0 Å². The fourth-order valence-electron chi connectivity index (χ4n) is 3.82. The molecule has 0 bridgehead atoms. The highest BCUT2D eigenvalue weighted by Crippen LogP contribution is 2.40. The molecule has 0 aliphatic carbocycles. The molecule has 2 aromatic heterocycles. The van der Waals surface area contributed by atoms with Crippen molar-refractivity contribution in [3.63, 3.8) is 0 Å². The summed E-state index contributed by atoms with van der Waals surface area (Å²) in [6, 6.07) is 17.4. The van der Waals surface area contributed by atoms with Crippen LogP contribution in [0.3, 0.4) is 0 Å². The van der Waals surface area contributed by atoms with Gasteiger partial charge in [-0.15, -0.1) is 11.3 Å². The number of methoxy groups -OCH3 is 1. The third kappa shape index (κ3) is 4.01. The molecular formula is C24H19FN4O2S2. The maximum atomic E-state index is 13.6. The molecule has 2 aromatic carbocycles. The first-order valence-electron chi connectivity index (χ1n) is 10.1. The first-order chi connectivity index (χ1) is 16.0. The van der Waals surface area contributed by atoms with Gasteiger partial charge in [0.1, 0.15) is 11.6 Å². The topological polar surface area (TPSA) is 63.4 Å². The molecule has 5 rings (SSSR count). The van der Waals surface area contributed by atoms with Crippen molar-refractivity contribution in [1.29, 1.82) is 0 Å². The molecule has 0 amide bonds. The first kappa shape index (κ1) is 21.3. The van der Waals surface area contributed by atoms with Crippen molar-refractivity contribution in [2.24, 2.45) is 0 Å². The number of thiophene rings is 1. The average Bonchev–Trinajstić information content (AvgIpc) is 3.52. The molecule has 3 heterocycles. The van der Waals surface area contributed by atoms with Gasteiger partial charge in [-0.3, -0.25) is 4.90 Å². The molecule has 4 aromatic rings. The van der Waals surface area contributed by atoms with Gasteiger partial charge in [-0.25, -0.2) is 4.39 Å². The molecule has 6 nitrogen and oxygen atoms in total. The maximum absolute atomic E-state index is 13.6. The number of nitrogens with one attached hydrogen (secondary N) is 1. The van der Waals surface area contributed by atoms with Crippen LogP contribution in [0, 0.1) is 5.82 Å². The monoisotopic (exact) mass is 478 g/mol. The summed E-state index contributed by atoms with van der Waals surface area (Å²) < 4.78 is 24.7. The van der Waals surface area contributed by atoms with Crippen molar-refractivity contribution in [3.8, 4) is 16.5 Å². The Labute approximate surface area is 199 Å². The third-order valence-corrected chi connectivity index (χ3v) is 6.56. The lowest BCUT2D eigenvalue weighted by atomic mass is 9.94. The fraction of sp³-hybridized carbons (Fsp3) is 0.125. The van der Waals surface area contributed by atoms with E-state index < -0.39 is 6.04 Å². The van der Waals surface area contributed by atoms with Crippen LogP contribution in [0.15, 0.2) is 76.3 Å². The summed E-state index contributed by atoms with van der Waals surface area (Å²) in [6.07, 6.45) is 0. The number of rotatable bonds is 5. The van der Waals surface area contributed by atoms with Crippen LogP contribution < -0.4 is 15.0 Å². The lowest BCUT2D eigenvalue weighted by Gasteiger charge is -2.37. The van der Waals surface area contributed by atoms with Crippen molar-refractivity contribution in [2.45, 2.75) is 13.0 Å². The van der Waals surface area contributed by atoms with Gasteiger partial charge < -0.3 is 14.6 Å². The Hall–Kier alpha value is -3.56. The van der Waals surface area contributed by atoms with E-state index in [4.69, 9.17) is 21.5 Å². The van der Waals surface area contributed by atoms with Gasteiger partial charge in [-0.1, -0.05) is 29.4 Å². The van der Waals surface area contributed by atoms with Crippen LogP contribution in [0.5, 0.6) is 5.75 Å². The second-order valence-electron chi connectivity index (χ2n) is 7.37. The molecule has 1 aliphatic heterocycles. The summed E-state index contributed by atoms with van der Waals surface area (Å²) in [4.78, 5) is 7.49. The number of ether oxygens (including phenoxy) is 1. The van der Waals surface area contributed by atoms with E-state index in [1.807, 2.05) is 53.6 Å². The minimum absolute atomic E-state index is 0.310. The van der Waals surface area contributed by atoms with Crippen LogP contribution in [-0.2, 0) is 0 Å². The van der Waals surface area contributed by atoms with Gasteiger partial charge in [-0.05, 0) is 60.4 Å². The van der Waals surface area contributed by atoms with Crippen molar-refractivity contribution >= 4 is 39.9 Å². The number of thiocarbonyl (C=S) groups is 1. The number of nitrogens with zero attached hydrogens (tertiary/aromatic N) is 3. The van der Waals surface area contributed by atoms with E-state index in [0.29, 0.717) is 22.6 Å². The predicted molar refractivity (Wildman–Crippen MR) is 131 cm³/mol. The van der Waals surface area contributed by atoms with Gasteiger partial charge in [0.15, 0.2) is 5.11 Å². The van der Waals surface area contributed by atoms with Crippen LogP contribution in [-0.4, -0.2) is 22.4 Å². The zero-order valence-corrected chi connectivity index (χ0v) is 19.4. The smallest absolute Gasteiger partial charge is 0.258 e. The van der Waals surface area contributed by atoms with Crippen LogP contribution >= 0.6 is 23.6 Å². The number of allylic oxidation sites excluding steroid dienone is 1. The Morgan fingerprint density at radius 1 is 1.15 bits per heavy atom. The molecule has 0 spiro atoms. The molecule has 1 aliphatic rings. The second kappa shape index (κ2) is 8.76. The van der Waals surface area contributed by atoms with Crippen molar-refractivity contribution < 1.29 is 13.7 Å². The summed E-state index contributed by atoms with van der Waals surface area (Å²) in [6.45, 7) is 1.95. The molecule has 1 unspecified atom stereocenters. The molecule has 0 saturated heterocycles. The SMILES string of the molecule is COc1cccc(N2C(=S)NC(c3ccc(F)cc3)C(c3nc(-c4cccs4)no3)=C2C)c1. The Balaban J connectivity index is 1.66. The van der Waals surface area contributed by atoms with E-state index in [1.165, 1.54) is 23.5 Å². The highest BCUT2D eigenvalue weighted by molar-refractivity contribution is 7.80. The second-order valence-corrected chi connectivity index (χ2v) is 8.70. The molecular weight excluding hydrogens is 459 g/mol. The van der Waals surface area contributed by atoms with Gasteiger partial charge >= 0.3 is 0 Å². The largest absolute Gasteiger partial charge is 0.497 e. The van der Waals surface area contributed by atoms with Crippen molar-refractivity contribution in [1.82, 2.24) is 15.5 Å². The van der Waals surface area contributed by atoms with Gasteiger partial charge in [-0.2, -0.15) is 4.98 Å². The summed E-state index contributed by atoms with van der Waals surface area (Å²) in [5.41, 5.74) is 3.24. The van der Waals surface area contributed by atoms with E-state index in [2.05, 4.69) is 15.5 Å². The standard InChI is InChI=1S/C24H19FN4O2S2/c1-14-20(23-27-22(28-31-23)19-7-4-12-33-19)21(15-8-10-16(25)11-9-15)26-24(32)29(14)17-5-3-6-18(13-17)30-2/h3-13,21H,1-2H3,(H,26,32). The van der Waals surface area contributed by atoms with Crippen LogP contribution in [0.25, 0.3) is 16.3 Å². The Bertz CT molecular complexity index is 1330. The molecule has 0 radical (unpaired) electrons. The average molecular weight is 479 g/mol. The molecule has 0 fully saturated rings. The number of hydrogen-bond acceptors (Lipinski definition) is 6. The Morgan fingerprint density at radius 2 is 1.97 bits per heavy atom. The molecule has 0 saturated carbocycles. The van der Waals surface area contributed by atoms with Gasteiger partial charge in [0.05, 0.1) is 29.3 Å². The molecule has 9 heteroatoms. The highest BCUT2D eigenvalue weighted by Gasteiger charge is 2.35. The van der Waals surface area contributed by atoms with Crippen LogP contribution in [0.4, 0.5) is 10.1 Å². The van der Waals surface area contributed by atoms with Gasteiger partial charge in [0.2, 0.25) is 5.82 Å². The summed E-state index contributed by atoms with van der Waals surface area (Å²) in [5, 5.41) is 10.0. The highest BCUT2D eigenvalue weighted by atomic mass is 32.1. The summed E-state index contributed by atoms with van der Waals surface area (Å²) in [7, 11) is 1.62. The number of benzene rings is 2. The lowest BCUT2D eigenvalue weighted by molar-refractivity contribution is 0.404. The van der Waals surface area contributed by atoms with E-state index in [1.54, 1.807) is 19.2 Å². The molecule has 1 atom stereocenters. The zero-order chi connectivity index (χ0) is 22.9. The molecule has 1 N–H and O–H groups in total. The molecule has 166 valence electrons. The first-order valence-corrected chi connectivity index (χ1v) is 11.4. The number of aromatic nitrogens is 2. The fourth-order valence-corrected chi connectivity index (χ4v) is 4.83. The quantitative estimate of drug-likeness (QED) is 0.363. The Morgan fingerprint density at radius 3 is 2.70 bits per heavy atom. The maximum Gasteiger partial charge on any atom is 0.258 e. The van der Waals surface area contributed by atoms with E-state index in [0.717, 1.165) is 27.4 Å². The van der Waals surface area contributed by atoms with E-state index in [-0.39, 0.29) is 5.82 Å². The Kier molecular flexibility index (Phi) is 5.65. The van der Waals surface area contributed by atoms with E-state index in [9.17, 15) is 4.39 Å². The zero-order valence-electron chi connectivity index (χ0n) is 17.8. The van der Waals surface area contributed by atoms with Crippen LogP contribution in [0.1, 0.15) is 24.4 Å². The van der Waals surface area contributed by atoms with Gasteiger partial charge in [0.25, 0.3) is 5.89 Å². The van der Waals surface area contributed by atoms with Crippen molar-refractivity contribution in [3.05, 3.63) is 89.0 Å². The predicted octanol–water partition coefficient (Wildman–Crippen LogP) is 5.81. The third-order valence-electron chi connectivity index (χ3n) is 5.40. The summed E-state index contributed by atoms with van der Waals surface area (Å²) >= 11 is 7.28. The van der Waals surface area contributed by atoms with Gasteiger partial charge in [0, 0.05) is 11.8 Å². The normalized spacial score (nSPS) is 16.2. The summed E-state index contributed by atoms with van der Waals surface area (Å²) in [5.74, 6) is 1.28. The lowest BCUT2D eigenvalue weighted by Crippen LogP contribution is -2.46. The number of hydrogen-bond donors (Lipinski definition) is 1. The minimum Gasteiger partial charge on any atom is -0.497 e. The minimum atomic E-state index is -0.392. The molecule has 33 heavy (non-hydrogen) atoms. The number of anilines is 1. The van der Waals surface area contributed by atoms with Crippen LogP contribution in [0.2, 0.25) is 0 Å².